The number of nitrogens with zero attached hydrogens (tertiary/aromatic N) is 2. The van der Waals surface area contributed by atoms with Gasteiger partial charge in [0.25, 0.3) is 5.91 Å². The maximum atomic E-state index is 12.2. The van der Waals surface area contributed by atoms with Gasteiger partial charge in [0, 0.05) is 37.7 Å². The van der Waals surface area contributed by atoms with Crippen LogP contribution in [0.25, 0.3) is 0 Å². The highest BCUT2D eigenvalue weighted by atomic mass is 16.5. The number of carbonyl (C=O) groups excluding carboxylic acids is 1. The molecule has 0 bridgehead atoms. The van der Waals surface area contributed by atoms with Crippen LogP contribution in [0.1, 0.15) is 37.7 Å². The quantitative estimate of drug-likeness (QED) is 0.805. The van der Waals surface area contributed by atoms with E-state index in [1.54, 1.807) is 4.90 Å². The molecule has 1 aromatic rings. The highest BCUT2D eigenvalue weighted by molar-refractivity contribution is 5.94. The van der Waals surface area contributed by atoms with Crippen molar-refractivity contribution in [3.8, 4) is 5.75 Å². The number of hydrogen-bond donors (Lipinski definition) is 0. The number of aliphatic imine (C=N–C) groups is 1. The molecule has 0 radical (unpaired) electrons. The van der Waals surface area contributed by atoms with E-state index < -0.39 is 0 Å². The number of ether oxygens (including phenoxy) is 2. The number of likely N-dealkylation sites (N-methyl/N-ethyl adjacent to an activating group) is 1. The van der Waals surface area contributed by atoms with Crippen LogP contribution in [0.5, 0.6) is 5.75 Å². The Morgan fingerprint density at radius 3 is 3.04 bits per heavy atom. The van der Waals surface area contributed by atoms with Gasteiger partial charge >= 0.3 is 0 Å². The van der Waals surface area contributed by atoms with Crippen molar-refractivity contribution in [1.29, 1.82) is 0 Å². The first-order valence-electron chi connectivity index (χ1n) is 8.50. The highest BCUT2D eigenvalue weighted by Gasteiger charge is 2.25. The van der Waals surface area contributed by atoms with Crippen LogP contribution in [-0.2, 0) is 9.53 Å². The predicted octanol–water partition coefficient (Wildman–Crippen LogP) is 3.30. The molecule has 128 valence electrons. The average Bonchev–Trinajstić information content (AvgIpc) is 3.09. The molecule has 0 aromatic heterocycles. The van der Waals surface area contributed by atoms with E-state index in [1.165, 1.54) is 12.7 Å². The van der Waals surface area contributed by atoms with Crippen molar-refractivity contribution in [3.63, 3.8) is 0 Å². The van der Waals surface area contributed by atoms with E-state index in [0.29, 0.717) is 12.5 Å². The summed E-state index contributed by atoms with van der Waals surface area (Å²) in [6, 6.07) is 6.02. The zero-order valence-electron chi connectivity index (χ0n) is 14.3. The maximum absolute atomic E-state index is 12.2. The lowest BCUT2D eigenvalue weighted by molar-refractivity contribution is -0.122. The number of fused-ring (bicyclic) bond motifs is 1. The summed E-state index contributed by atoms with van der Waals surface area (Å²) in [4.78, 5) is 18.4. The number of rotatable bonds is 6. The number of amides is 1. The monoisotopic (exact) mass is 328 g/mol. The first-order chi connectivity index (χ1) is 11.7. The summed E-state index contributed by atoms with van der Waals surface area (Å²) in [5, 5.41) is 0. The second kappa shape index (κ2) is 7.62. The van der Waals surface area contributed by atoms with Crippen LogP contribution in [0.2, 0.25) is 0 Å². The minimum Gasteiger partial charge on any atom is -0.493 e. The molecule has 5 heteroatoms. The van der Waals surface area contributed by atoms with Crippen LogP contribution < -0.4 is 9.64 Å². The molecule has 1 amide bonds. The van der Waals surface area contributed by atoms with Crippen LogP contribution in [0, 0.1) is 0 Å². The number of hydrogen-bond acceptors (Lipinski definition) is 4. The molecule has 24 heavy (non-hydrogen) atoms. The highest BCUT2D eigenvalue weighted by Crippen LogP contribution is 2.40. The van der Waals surface area contributed by atoms with Gasteiger partial charge < -0.3 is 14.4 Å². The third-order valence-corrected chi connectivity index (χ3v) is 4.53. The van der Waals surface area contributed by atoms with Gasteiger partial charge in [0.2, 0.25) is 0 Å². The molecule has 1 unspecified atom stereocenters. The molecule has 0 aliphatic carbocycles. The Morgan fingerprint density at radius 1 is 1.46 bits per heavy atom. The predicted molar refractivity (Wildman–Crippen MR) is 95.0 cm³/mol. The fourth-order valence-electron chi connectivity index (χ4n) is 3.34. The molecule has 2 aliphatic heterocycles. The molecule has 0 saturated carbocycles. The molecular weight excluding hydrogens is 304 g/mol. The Morgan fingerprint density at radius 2 is 2.33 bits per heavy atom. The Bertz CT molecular complexity index is 667. The molecule has 0 N–H and O–H groups in total. The summed E-state index contributed by atoms with van der Waals surface area (Å²) in [5.41, 5.74) is 3.23. The van der Waals surface area contributed by atoms with Gasteiger partial charge in [-0.15, -0.1) is 0 Å². The Kier molecular flexibility index (Phi) is 5.30. The summed E-state index contributed by atoms with van der Waals surface area (Å²) in [7, 11) is 1.54. The number of benzene rings is 1. The Labute approximate surface area is 143 Å². The van der Waals surface area contributed by atoms with Gasteiger partial charge in [0.05, 0.1) is 6.61 Å². The fraction of sp³-hybridized carbons (Fsp3) is 0.474. The molecule has 0 fully saturated rings. The average molecular weight is 328 g/mol. The topological polar surface area (TPSA) is 51.1 Å². The largest absolute Gasteiger partial charge is 0.493 e. The second-order valence-corrected chi connectivity index (χ2v) is 6.07. The standard InChI is InChI=1S/C19H24N2O3/c1-3-21(19(22)13-23-2)16-6-7-18-17(12-16)14(8-10-24-18)11-15-5-4-9-20-15/h5-7,9,12,14H,3-4,8,10-11,13H2,1-2H3. The first-order valence-corrected chi connectivity index (χ1v) is 8.50. The van der Waals surface area contributed by atoms with Crippen LogP contribution in [0.4, 0.5) is 5.69 Å². The van der Waals surface area contributed by atoms with Crippen molar-refractivity contribution in [2.24, 2.45) is 4.99 Å². The minimum atomic E-state index is -0.0312. The smallest absolute Gasteiger partial charge is 0.252 e. The summed E-state index contributed by atoms with van der Waals surface area (Å²) < 4.78 is 10.8. The van der Waals surface area contributed by atoms with Crippen LogP contribution >= 0.6 is 0 Å². The SMILES string of the molecule is CCN(C(=O)COC)c1ccc2c(c1)C(CC1=CCC=N1)CCO2. The molecule has 3 rings (SSSR count). The van der Waals surface area contributed by atoms with Gasteiger partial charge in [0.15, 0.2) is 0 Å². The lowest BCUT2D eigenvalue weighted by Crippen LogP contribution is -2.33. The lowest BCUT2D eigenvalue weighted by atomic mass is 9.88. The van der Waals surface area contributed by atoms with E-state index in [9.17, 15) is 4.79 Å². The van der Waals surface area contributed by atoms with E-state index in [4.69, 9.17) is 9.47 Å². The van der Waals surface area contributed by atoms with Gasteiger partial charge in [-0.05, 0) is 49.4 Å². The summed E-state index contributed by atoms with van der Waals surface area (Å²) in [5.74, 6) is 1.27. The third kappa shape index (κ3) is 3.51. The van der Waals surface area contributed by atoms with E-state index in [-0.39, 0.29) is 12.5 Å². The minimum absolute atomic E-state index is 0.0312. The fourth-order valence-corrected chi connectivity index (χ4v) is 3.34. The number of anilines is 1. The molecule has 0 saturated heterocycles. The van der Waals surface area contributed by atoms with E-state index in [2.05, 4.69) is 17.1 Å². The van der Waals surface area contributed by atoms with Gasteiger partial charge in [0.1, 0.15) is 12.4 Å². The molecule has 1 aromatic carbocycles. The number of carbonyl (C=O) groups is 1. The van der Waals surface area contributed by atoms with Gasteiger partial charge in [-0.3, -0.25) is 9.79 Å². The van der Waals surface area contributed by atoms with E-state index in [0.717, 1.165) is 43.0 Å². The molecule has 2 heterocycles. The molecule has 5 nitrogen and oxygen atoms in total. The zero-order chi connectivity index (χ0) is 16.9. The van der Waals surface area contributed by atoms with Gasteiger partial charge in [-0.2, -0.15) is 0 Å². The first kappa shape index (κ1) is 16.7. The molecule has 1 atom stereocenters. The third-order valence-electron chi connectivity index (χ3n) is 4.53. The van der Waals surface area contributed by atoms with Crippen LogP contribution in [0.3, 0.4) is 0 Å². The molecule has 2 aliphatic rings. The van der Waals surface area contributed by atoms with Crippen molar-refractivity contribution in [2.45, 2.75) is 32.1 Å². The van der Waals surface area contributed by atoms with Crippen LogP contribution in [-0.4, -0.2) is 39.0 Å². The second-order valence-electron chi connectivity index (χ2n) is 6.07. The van der Waals surface area contributed by atoms with Gasteiger partial charge in [-0.25, -0.2) is 0 Å². The summed E-state index contributed by atoms with van der Waals surface area (Å²) >= 11 is 0. The zero-order valence-corrected chi connectivity index (χ0v) is 14.3. The summed E-state index contributed by atoms with van der Waals surface area (Å²) in [6.07, 6.45) is 6.96. The van der Waals surface area contributed by atoms with Crippen molar-refractivity contribution in [2.75, 3.05) is 31.8 Å². The number of allylic oxidation sites excluding steroid dienone is 2. The van der Waals surface area contributed by atoms with Crippen molar-refractivity contribution < 1.29 is 14.3 Å². The van der Waals surface area contributed by atoms with Gasteiger partial charge in [-0.1, -0.05) is 6.08 Å². The van der Waals surface area contributed by atoms with Crippen molar-refractivity contribution in [3.05, 3.63) is 35.5 Å². The maximum Gasteiger partial charge on any atom is 0.252 e. The summed E-state index contributed by atoms with van der Waals surface area (Å²) in [6.45, 7) is 3.40. The van der Waals surface area contributed by atoms with Crippen molar-refractivity contribution in [1.82, 2.24) is 0 Å². The number of methoxy groups -OCH3 is 1. The molecular formula is C19H24N2O3. The molecule has 0 spiro atoms. The van der Waals surface area contributed by atoms with E-state index >= 15 is 0 Å². The normalized spacial score (nSPS) is 18.8. The van der Waals surface area contributed by atoms with E-state index in [1.807, 2.05) is 25.3 Å². The Hall–Kier alpha value is -2.14. The Balaban J connectivity index is 1.86. The van der Waals surface area contributed by atoms with Crippen LogP contribution in [0.15, 0.2) is 35.0 Å². The lowest BCUT2D eigenvalue weighted by Gasteiger charge is -2.28. The van der Waals surface area contributed by atoms with Crippen molar-refractivity contribution >= 4 is 17.8 Å².